The van der Waals surface area contributed by atoms with Crippen LogP contribution in [0.4, 0.5) is 34.3 Å². The molecule has 2 aromatic heterocycles. The normalized spacial score (nSPS) is 13.1. The van der Waals surface area contributed by atoms with Crippen molar-refractivity contribution in [1.29, 1.82) is 0 Å². The molecule has 0 saturated carbocycles. The molecular weight excluding hydrogens is 1330 g/mol. The topological polar surface area (TPSA) is 38.5 Å². The Morgan fingerprint density at radius 1 is 0.340 bits per heavy atom. The SMILES string of the molecule is CC(C)(C)c1cc(Oc2ccc3c(c2)N(c2cc(C(C)(C)C)ccn2)c2ccccc2C32c3cc(-c4ccccc4)ccc3N(c3ccccc3)c3ccc(-c4ccccc4)cc32)cc(-n2[c](=[Pt])n(-c3c(-c4ccccc4)cccc3-c3ccccc3)c3ccccc32)c1. The number of anilines is 6. The minimum atomic E-state index is -0.894. The molecule has 0 N–H and O–H groups in total. The van der Waals surface area contributed by atoms with Crippen LogP contribution in [0.5, 0.6) is 11.5 Å². The van der Waals surface area contributed by atoms with Gasteiger partial charge < -0.3 is 4.90 Å². The predicted octanol–water partition coefficient (Wildman–Crippen LogP) is 22.9. The quantitative estimate of drug-likeness (QED) is 0.137. The third-order valence-corrected chi connectivity index (χ3v) is 19.9. The van der Waals surface area contributed by atoms with E-state index in [2.05, 4.69) is 383 Å². The van der Waals surface area contributed by atoms with Crippen molar-refractivity contribution in [3.63, 3.8) is 0 Å². The summed E-state index contributed by atoms with van der Waals surface area (Å²) in [6.45, 7) is 13.7. The third kappa shape index (κ3) is 9.90. The number of fused-ring (bicyclic) bond motifs is 9. The number of pyridine rings is 1. The molecule has 2 aliphatic rings. The van der Waals surface area contributed by atoms with Gasteiger partial charge in [0.1, 0.15) is 0 Å². The van der Waals surface area contributed by atoms with Crippen molar-refractivity contribution in [3.8, 4) is 67.4 Å². The molecule has 1 spiro atoms. The van der Waals surface area contributed by atoms with Crippen LogP contribution < -0.4 is 14.5 Å². The second kappa shape index (κ2) is 23.2. The number of hydrogen-bond acceptors (Lipinski definition) is 4. The van der Waals surface area contributed by atoms with Gasteiger partial charge >= 0.3 is 331 Å². The summed E-state index contributed by atoms with van der Waals surface area (Å²) in [7, 11) is 0. The summed E-state index contributed by atoms with van der Waals surface area (Å²) in [5.41, 5.74) is 24.4. The molecule has 0 radical (unpaired) electrons. The van der Waals surface area contributed by atoms with Gasteiger partial charge in [-0.15, -0.1) is 0 Å². The fraction of sp³-hybridized carbons (Fsp3) is 0.103. The summed E-state index contributed by atoms with van der Waals surface area (Å²) >= 11 is 2.56. The van der Waals surface area contributed by atoms with Gasteiger partial charge in [-0.3, -0.25) is 0 Å². The van der Waals surface area contributed by atoms with Gasteiger partial charge in [0, 0.05) is 11.9 Å². The molecule has 7 heteroatoms. The Labute approximate surface area is 561 Å². The maximum atomic E-state index is 7.56. The van der Waals surface area contributed by atoms with Crippen LogP contribution >= 0.6 is 0 Å². The Bertz CT molecular complexity index is 5130. The van der Waals surface area contributed by atoms with Gasteiger partial charge in [-0.25, -0.2) is 0 Å². The third-order valence-electron chi connectivity index (χ3n) is 18.9. The monoisotopic (exact) mass is 1390 g/mol. The van der Waals surface area contributed by atoms with Crippen LogP contribution in [-0.2, 0) is 35.6 Å². The van der Waals surface area contributed by atoms with Gasteiger partial charge in [0.05, 0.1) is 11.4 Å². The van der Waals surface area contributed by atoms with E-state index in [1.165, 1.54) is 16.7 Å². The molecule has 16 rings (SSSR count). The summed E-state index contributed by atoms with van der Waals surface area (Å²) < 4.78 is 13.4. The van der Waals surface area contributed by atoms with Gasteiger partial charge in [0.15, 0.2) is 0 Å². The number of imidazole rings is 1. The summed E-state index contributed by atoms with van der Waals surface area (Å²) in [5.74, 6) is 2.26. The van der Waals surface area contributed by atoms with Crippen LogP contribution in [-0.4, -0.2) is 14.1 Å². The van der Waals surface area contributed by atoms with Crippen LogP contribution in [0.15, 0.2) is 310 Å². The Hall–Kier alpha value is -10.7. The number of ether oxygens (including phenoxy) is 1. The Kier molecular flexibility index (Phi) is 14.4. The number of hydrogen-bond donors (Lipinski definition) is 0. The standard InChI is InChI=1S/C87H69N5O.Pt/c1-85(2,3)65-49-50-88-83(55-65)92-77-40-23-22-39-73(77)87(75-51-63(59-27-12-7-13-28-59)43-47-78(75)91(67-35-20-11-21-36-67)79-48-44-64(52-76(79)87)60-29-14-8-15-30-60)74-46-45-69(57-82(74)92)93-70-54-66(86(4,5)6)53-68(56-70)89-58-90(81-42-25-24-41-80(81)89)84-71(61-31-16-9-17-32-61)37-26-38-72(84)62-33-18-10-19-34-62;/h7-57H,1-6H3;. The van der Waals surface area contributed by atoms with E-state index in [9.17, 15) is 0 Å². The van der Waals surface area contributed by atoms with Gasteiger partial charge in [-0.1, -0.05) is 130 Å². The molecule has 2 aliphatic heterocycles. The Morgan fingerprint density at radius 3 is 1.41 bits per heavy atom. The van der Waals surface area contributed by atoms with Crippen LogP contribution in [0.2, 0.25) is 0 Å². The first-order valence-corrected chi connectivity index (χ1v) is 33.5. The van der Waals surface area contributed by atoms with E-state index >= 15 is 0 Å². The van der Waals surface area contributed by atoms with Crippen molar-refractivity contribution < 1.29 is 24.1 Å². The van der Waals surface area contributed by atoms with Crippen molar-refractivity contribution >= 4 is 45.3 Å². The summed E-state index contributed by atoms with van der Waals surface area (Å²) in [5, 5.41) is 0. The van der Waals surface area contributed by atoms with E-state index < -0.39 is 5.41 Å². The zero-order valence-corrected chi connectivity index (χ0v) is 55.7. The van der Waals surface area contributed by atoms with Crippen molar-refractivity contribution in [1.82, 2.24) is 14.1 Å². The van der Waals surface area contributed by atoms with Crippen molar-refractivity contribution in [3.05, 3.63) is 347 Å². The van der Waals surface area contributed by atoms with E-state index in [4.69, 9.17) is 9.72 Å². The molecule has 0 atom stereocenters. The van der Waals surface area contributed by atoms with Crippen LogP contribution in [0, 0.1) is 3.80 Å². The first kappa shape index (κ1) is 58.4. The second-order valence-electron chi connectivity index (χ2n) is 26.7. The average Bonchev–Trinajstić information content (AvgIpc) is 0.848. The van der Waals surface area contributed by atoms with E-state index in [1.807, 2.05) is 6.20 Å². The molecule has 6 nitrogen and oxygen atoms in total. The molecule has 458 valence electrons. The zero-order valence-electron chi connectivity index (χ0n) is 53.4. The molecule has 12 aromatic carbocycles. The van der Waals surface area contributed by atoms with Crippen molar-refractivity contribution in [2.45, 2.75) is 57.8 Å². The molecule has 0 fully saturated rings. The number of rotatable bonds is 10. The predicted molar refractivity (Wildman–Crippen MR) is 384 cm³/mol. The van der Waals surface area contributed by atoms with Crippen molar-refractivity contribution in [2.24, 2.45) is 0 Å². The van der Waals surface area contributed by atoms with Crippen molar-refractivity contribution in [2.75, 3.05) is 9.80 Å². The van der Waals surface area contributed by atoms with Crippen LogP contribution in [0.1, 0.15) is 74.9 Å². The van der Waals surface area contributed by atoms with E-state index in [-0.39, 0.29) is 10.8 Å². The van der Waals surface area contributed by atoms with Gasteiger partial charge in [-0.2, -0.15) is 0 Å². The summed E-state index contributed by atoms with van der Waals surface area (Å²) in [6, 6.07) is 111. The fourth-order valence-corrected chi connectivity index (χ4v) is 15.5. The van der Waals surface area contributed by atoms with Gasteiger partial charge in [0.2, 0.25) is 0 Å². The van der Waals surface area contributed by atoms with E-state index in [0.717, 1.165) is 127 Å². The first-order valence-electron chi connectivity index (χ1n) is 32.3. The number of benzene rings is 12. The molecule has 0 bridgehead atoms. The second-order valence-corrected chi connectivity index (χ2v) is 27.7. The van der Waals surface area contributed by atoms with Gasteiger partial charge in [0.25, 0.3) is 0 Å². The minimum absolute atomic E-state index is 0.154. The Morgan fingerprint density at radius 2 is 0.840 bits per heavy atom. The number of para-hydroxylation sites is 5. The fourth-order valence-electron chi connectivity index (χ4n) is 14.4. The maximum absolute atomic E-state index is 7.56. The molecule has 94 heavy (non-hydrogen) atoms. The molecule has 0 unspecified atom stereocenters. The molecule has 14 aromatic rings. The van der Waals surface area contributed by atoms with E-state index in [1.54, 1.807) is 0 Å². The zero-order chi connectivity index (χ0) is 63.9. The van der Waals surface area contributed by atoms with E-state index in [0.29, 0.717) is 5.75 Å². The number of nitrogens with zero attached hydrogens (tertiary/aromatic N) is 5. The number of aromatic nitrogens is 3. The van der Waals surface area contributed by atoms with Gasteiger partial charge in [-0.05, 0) is 75.7 Å². The Balaban J connectivity index is 0.945. The molecular formula is C87H69N5OPt. The summed E-state index contributed by atoms with van der Waals surface area (Å²) in [6.07, 6.45) is 1.97. The summed E-state index contributed by atoms with van der Waals surface area (Å²) in [4.78, 5) is 10.2. The molecule has 0 amide bonds. The molecule has 0 aliphatic carbocycles. The average molecular weight is 1400 g/mol. The van der Waals surface area contributed by atoms with Crippen LogP contribution in [0.3, 0.4) is 0 Å². The van der Waals surface area contributed by atoms with Crippen LogP contribution in [0.25, 0.3) is 66.9 Å². The molecule has 4 heterocycles. The molecule has 0 saturated heterocycles. The first-order chi connectivity index (χ1) is 45.8.